The molecule has 1 aliphatic carbocycles. The predicted molar refractivity (Wildman–Crippen MR) is 70.0 cm³/mol. The zero-order valence-corrected chi connectivity index (χ0v) is 11.2. The first kappa shape index (κ1) is 15.6. The third-order valence-corrected chi connectivity index (χ3v) is 2.82. The summed E-state index contributed by atoms with van der Waals surface area (Å²) in [5.74, 6) is 0.322. The molecule has 0 spiro atoms. The van der Waals surface area contributed by atoms with Gasteiger partial charge >= 0.3 is 6.18 Å². The zero-order chi connectivity index (χ0) is 15.3. The van der Waals surface area contributed by atoms with Crippen molar-refractivity contribution in [1.82, 2.24) is 10.3 Å². The van der Waals surface area contributed by atoms with E-state index in [1.54, 1.807) is 0 Å². The Bertz CT molecular complexity index is 473. The molecule has 0 aliphatic heterocycles. The Morgan fingerprint density at radius 1 is 1.38 bits per heavy atom. The van der Waals surface area contributed by atoms with Gasteiger partial charge in [-0.1, -0.05) is 0 Å². The van der Waals surface area contributed by atoms with E-state index in [1.807, 2.05) is 0 Å². The number of ether oxygens (including phenoxy) is 1. The lowest BCUT2D eigenvalue weighted by Gasteiger charge is -2.09. The highest BCUT2D eigenvalue weighted by Crippen LogP contribution is 2.27. The largest absolute Gasteiger partial charge is 0.468 e. The average Bonchev–Trinajstić information content (AvgIpc) is 3.21. The minimum absolute atomic E-state index is 0.141. The Morgan fingerprint density at radius 3 is 2.71 bits per heavy atom. The van der Waals surface area contributed by atoms with Gasteiger partial charge in [-0.2, -0.15) is 13.2 Å². The van der Waals surface area contributed by atoms with E-state index < -0.39 is 12.8 Å². The lowest BCUT2D eigenvalue weighted by Crippen LogP contribution is -2.29. The van der Waals surface area contributed by atoms with Gasteiger partial charge in [-0.15, -0.1) is 0 Å². The fourth-order valence-corrected chi connectivity index (χ4v) is 1.61. The van der Waals surface area contributed by atoms with Gasteiger partial charge < -0.3 is 15.4 Å². The van der Waals surface area contributed by atoms with Crippen molar-refractivity contribution >= 4 is 11.6 Å². The van der Waals surface area contributed by atoms with Gasteiger partial charge in [-0.05, 0) is 31.4 Å². The fraction of sp³-hybridized carbons (Fsp3) is 0.538. The summed E-state index contributed by atoms with van der Waals surface area (Å²) in [4.78, 5) is 15.3. The molecule has 0 atom stereocenters. The second kappa shape index (κ2) is 6.75. The maximum absolute atomic E-state index is 12.0. The molecular formula is C13H16F3N3O2. The standard InChI is InChI=1S/C13H16F3N3O2/c14-13(15,16)8-21-12-4-3-10(6-18-12)19-11(20)7-17-5-9-1-2-9/h3-4,6,9,17H,1-2,5,7-8H2,(H,19,20). The lowest BCUT2D eigenvalue weighted by atomic mass is 10.4. The third kappa shape index (κ3) is 6.44. The number of carbonyl (C=O) groups excluding carboxylic acids is 1. The number of anilines is 1. The molecule has 5 nitrogen and oxygen atoms in total. The van der Waals surface area contributed by atoms with Gasteiger partial charge in [0.05, 0.1) is 18.4 Å². The quantitative estimate of drug-likeness (QED) is 0.808. The summed E-state index contributed by atoms with van der Waals surface area (Å²) in [5.41, 5.74) is 0.410. The maximum Gasteiger partial charge on any atom is 0.422 e. The van der Waals surface area contributed by atoms with Crippen molar-refractivity contribution in [2.45, 2.75) is 19.0 Å². The smallest absolute Gasteiger partial charge is 0.422 e. The number of rotatable bonds is 7. The van der Waals surface area contributed by atoms with Crippen LogP contribution in [-0.2, 0) is 4.79 Å². The average molecular weight is 303 g/mol. The van der Waals surface area contributed by atoms with Crippen molar-refractivity contribution in [2.24, 2.45) is 5.92 Å². The molecule has 1 aromatic rings. The zero-order valence-electron chi connectivity index (χ0n) is 11.2. The molecule has 0 bridgehead atoms. The molecular weight excluding hydrogens is 287 g/mol. The van der Waals surface area contributed by atoms with E-state index in [0.29, 0.717) is 11.6 Å². The Morgan fingerprint density at radius 2 is 2.14 bits per heavy atom. The predicted octanol–water partition coefficient (Wildman–Crippen LogP) is 1.96. The van der Waals surface area contributed by atoms with E-state index >= 15 is 0 Å². The van der Waals surface area contributed by atoms with Gasteiger partial charge in [0.25, 0.3) is 0 Å². The van der Waals surface area contributed by atoms with E-state index in [9.17, 15) is 18.0 Å². The van der Waals surface area contributed by atoms with Crippen molar-refractivity contribution < 1.29 is 22.7 Å². The Balaban J connectivity index is 1.71. The van der Waals surface area contributed by atoms with Crippen LogP contribution < -0.4 is 15.4 Å². The summed E-state index contributed by atoms with van der Waals surface area (Å²) >= 11 is 0. The molecule has 8 heteroatoms. The molecule has 1 amide bonds. The number of hydrogen-bond donors (Lipinski definition) is 2. The minimum Gasteiger partial charge on any atom is -0.468 e. The summed E-state index contributed by atoms with van der Waals surface area (Å²) in [6.07, 6.45) is -0.734. The molecule has 1 aromatic heterocycles. The van der Waals surface area contributed by atoms with E-state index in [0.717, 1.165) is 6.54 Å². The van der Waals surface area contributed by atoms with Gasteiger partial charge in [0, 0.05) is 6.07 Å². The molecule has 1 heterocycles. The van der Waals surface area contributed by atoms with Crippen LogP contribution in [0.3, 0.4) is 0 Å². The van der Waals surface area contributed by atoms with Gasteiger partial charge in [0.2, 0.25) is 11.8 Å². The monoisotopic (exact) mass is 303 g/mol. The molecule has 2 N–H and O–H groups in total. The van der Waals surface area contributed by atoms with Gasteiger partial charge in [0.15, 0.2) is 6.61 Å². The summed E-state index contributed by atoms with van der Waals surface area (Å²) < 4.78 is 40.3. The molecule has 116 valence electrons. The van der Waals surface area contributed by atoms with Crippen LogP contribution in [0.5, 0.6) is 5.88 Å². The summed E-state index contributed by atoms with van der Waals surface area (Å²) in [5, 5.41) is 5.63. The number of alkyl halides is 3. The van der Waals surface area contributed by atoms with Crippen LogP contribution in [0.25, 0.3) is 0 Å². The molecule has 1 saturated carbocycles. The molecule has 21 heavy (non-hydrogen) atoms. The van der Waals surface area contributed by atoms with Gasteiger partial charge in [0.1, 0.15) is 0 Å². The number of aromatic nitrogens is 1. The van der Waals surface area contributed by atoms with Crippen LogP contribution in [0.1, 0.15) is 12.8 Å². The van der Waals surface area contributed by atoms with Crippen molar-refractivity contribution in [3.63, 3.8) is 0 Å². The highest BCUT2D eigenvalue weighted by atomic mass is 19.4. The first-order valence-electron chi connectivity index (χ1n) is 6.58. The first-order chi connectivity index (χ1) is 9.92. The van der Waals surface area contributed by atoms with Crippen LogP contribution in [-0.4, -0.2) is 36.8 Å². The number of hydrogen-bond acceptors (Lipinski definition) is 4. The van der Waals surface area contributed by atoms with Crippen molar-refractivity contribution in [3.8, 4) is 5.88 Å². The highest BCUT2D eigenvalue weighted by molar-refractivity contribution is 5.92. The lowest BCUT2D eigenvalue weighted by molar-refractivity contribution is -0.154. The number of nitrogens with zero attached hydrogens (tertiary/aromatic N) is 1. The van der Waals surface area contributed by atoms with Gasteiger partial charge in [-0.3, -0.25) is 4.79 Å². The Kier molecular flexibility index (Phi) is 5.00. The third-order valence-electron chi connectivity index (χ3n) is 2.82. The molecule has 0 unspecified atom stereocenters. The topological polar surface area (TPSA) is 63.2 Å². The molecule has 0 saturated heterocycles. The van der Waals surface area contributed by atoms with Crippen molar-refractivity contribution in [3.05, 3.63) is 18.3 Å². The second-order valence-electron chi connectivity index (χ2n) is 4.91. The minimum atomic E-state index is -4.40. The Hall–Kier alpha value is -1.83. The SMILES string of the molecule is O=C(CNCC1CC1)Nc1ccc(OCC(F)(F)F)nc1. The number of carbonyl (C=O) groups is 1. The number of pyridine rings is 1. The van der Waals surface area contributed by atoms with Crippen LogP contribution in [0.15, 0.2) is 18.3 Å². The van der Waals surface area contributed by atoms with E-state index in [2.05, 4.69) is 20.4 Å². The second-order valence-corrected chi connectivity index (χ2v) is 4.91. The molecule has 1 aliphatic rings. The Labute approximate surface area is 119 Å². The first-order valence-corrected chi connectivity index (χ1v) is 6.58. The molecule has 1 fully saturated rings. The van der Waals surface area contributed by atoms with E-state index in [4.69, 9.17) is 0 Å². The molecule has 0 aromatic carbocycles. The fourth-order valence-electron chi connectivity index (χ4n) is 1.61. The summed E-state index contributed by atoms with van der Waals surface area (Å²) in [6, 6.07) is 2.72. The maximum atomic E-state index is 12.0. The van der Waals surface area contributed by atoms with Crippen LogP contribution in [0, 0.1) is 5.92 Å². The summed E-state index contributed by atoms with van der Waals surface area (Å²) in [7, 11) is 0. The van der Waals surface area contributed by atoms with Crippen LogP contribution in [0.2, 0.25) is 0 Å². The highest BCUT2D eigenvalue weighted by Gasteiger charge is 2.28. The number of nitrogens with one attached hydrogen (secondary N) is 2. The van der Waals surface area contributed by atoms with E-state index in [-0.39, 0.29) is 18.3 Å². The molecule has 0 radical (unpaired) electrons. The number of halogens is 3. The number of amides is 1. The van der Waals surface area contributed by atoms with Gasteiger partial charge in [-0.25, -0.2) is 4.98 Å². The van der Waals surface area contributed by atoms with Crippen LogP contribution in [0.4, 0.5) is 18.9 Å². The van der Waals surface area contributed by atoms with Crippen molar-refractivity contribution in [1.29, 1.82) is 0 Å². The normalized spacial score (nSPS) is 14.8. The van der Waals surface area contributed by atoms with Crippen molar-refractivity contribution in [2.75, 3.05) is 25.0 Å². The summed E-state index contributed by atoms with van der Waals surface area (Å²) in [6.45, 7) is -0.366. The molecule has 2 rings (SSSR count). The van der Waals surface area contributed by atoms with Crippen LogP contribution >= 0.6 is 0 Å². The van der Waals surface area contributed by atoms with E-state index in [1.165, 1.54) is 31.2 Å².